The molecule has 0 fully saturated rings. The van der Waals surface area contributed by atoms with Crippen molar-refractivity contribution >= 4 is 34.6 Å². The van der Waals surface area contributed by atoms with E-state index in [-0.39, 0.29) is 0 Å². The molecule has 0 spiro atoms. The number of halogens is 1. The zero-order valence-electron chi connectivity index (χ0n) is 11.5. The molecule has 0 aliphatic heterocycles. The Morgan fingerprint density at radius 3 is 2.50 bits per heavy atom. The smallest absolute Gasteiger partial charge is 0.134 e. The Kier molecular flexibility index (Phi) is 4.34. The van der Waals surface area contributed by atoms with Crippen molar-refractivity contribution in [3.63, 3.8) is 0 Å². The lowest BCUT2D eigenvalue weighted by molar-refractivity contribution is 1.37. The summed E-state index contributed by atoms with van der Waals surface area (Å²) < 4.78 is 0. The molecule has 0 saturated heterocycles. The van der Waals surface area contributed by atoms with Gasteiger partial charge in [-0.3, -0.25) is 0 Å². The number of nitrogens with zero attached hydrogens (tertiary/aromatic N) is 2. The molecule has 106 valence electrons. The molecule has 0 saturated carbocycles. The highest BCUT2D eigenvalue weighted by Gasteiger charge is 2.08. The van der Waals surface area contributed by atoms with Crippen LogP contribution in [-0.4, -0.2) is 4.98 Å². The van der Waals surface area contributed by atoms with Crippen LogP contribution in [-0.2, 0) is 0 Å². The van der Waals surface area contributed by atoms with Gasteiger partial charge in [0.15, 0.2) is 0 Å². The van der Waals surface area contributed by atoms with E-state index in [1.54, 1.807) is 12.1 Å². The highest BCUT2D eigenvalue weighted by atomic mass is 35.5. The molecule has 0 aliphatic rings. The predicted octanol–water partition coefficient (Wildman–Crippen LogP) is 5.53. The molecule has 0 radical (unpaired) electrons. The van der Waals surface area contributed by atoms with E-state index in [2.05, 4.69) is 11.1 Å². The second kappa shape index (κ2) is 6.57. The topological polar surface area (TPSA) is 36.7 Å². The summed E-state index contributed by atoms with van der Waals surface area (Å²) in [6.07, 6.45) is 1.82. The summed E-state index contributed by atoms with van der Waals surface area (Å²) in [5, 5.41) is 12.8. The molecule has 1 heterocycles. The van der Waals surface area contributed by atoms with Crippen LogP contribution in [0, 0.1) is 11.3 Å². The molecule has 2 aromatic carbocycles. The maximum absolute atomic E-state index is 9.40. The zero-order valence-corrected chi connectivity index (χ0v) is 13.1. The maximum atomic E-state index is 9.40. The van der Waals surface area contributed by atoms with E-state index in [4.69, 9.17) is 11.6 Å². The fraction of sp³-hybridized carbons (Fsp3) is 0. The van der Waals surface area contributed by atoms with Gasteiger partial charge in [-0.1, -0.05) is 54.1 Å². The minimum absolute atomic E-state index is 0.550. The summed E-state index contributed by atoms with van der Waals surface area (Å²) in [6.45, 7) is 0. The predicted molar refractivity (Wildman–Crippen MR) is 92.5 cm³/mol. The van der Waals surface area contributed by atoms with E-state index < -0.39 is 0 Å². The quantitative estimate of drug-likeness (QED) is 0.595. The van der Waals surface area contributed by atoms with Crippen LogP contribution in [0.25, 0.3) is 22.9 Å². The number of aromatic nitrogens is 1. The molecule has 0 unspecified atom stereocenters. The summed E-state index contributed by atoms with van der Waals surface area (Å²) in [4.78, 5) is 4.57. The first-order valence-electron chi connectivity index (χ1n) is 6.65. The minimum Gasteiger partial charge on any atom is -0.235 e. The largest absolute Gasteiger partial charge is 0.235 e. The number of allylic oxidation sites excluding steroid dienone is 1. The van der Waals surface area contributed by atoms with Crippen molar-refractivity contribution in [2.75, 3.05) is 0 Å². The van der Waals surface area contributed by atoms with Crippen LogP contribution in [0.4, 0.5) is 0 Å². The molecular formula is C18H11ClN2S. The van der Waals surface area contributed by atoms with Crippen LogP contribution in [0.1, 0.15) is 10.6 Å². The van der Waals surface area contributed by atoms with Gasteiger partial charge in [-0.05, 0) is 23.8 Å². The van der Waals surface area contributed by atoms with Gasteiger partial charge in [-0.2, -0.15) is 5.26 Å². The maximum Gasteiger partial charge on any atom is 0.134 e. The van der Waals surface area contributed by atoms with Crippen LogP contribution >= 0.6 is 22.9 Å². The Hall–Kier alpha value is -2.41. The number of nitriles is 1. The van der Waals surface area contributed by atoms with Gasteiger partial charge in [0.05, 0.1) is 11.3 Å². The Morgan fingerprint density at radius 1 is 1.09 bits per heavy atom. The third-order valence-corrected chi connectivity index (χ3v) is 4.23. The lowest BCUT2D eigenvalue weighted by Crippen LogP contribution is -1.82. The van der Waals surface area contributed by atoms with Crippen molar-refractivity contribution in [2.24, 2.45) is 0 Å². The van der Waals surface area contributed by atoms with Crippen molar-refractivity contribution in [1.82, 2.24) is 4.98 Å². The second-order valence-corrected chi connectivity index (χ2v) is 5.92. The van der Waals surface area contributed by atoms with Gasteiger partial charge < -0.3 is 0 Å². The summed E-state index contributed by atoms with van der Waals surface area (Å²) in [5.41, 5.74) is 3.42. The van der Waals surface area contributed by atoms with Crippen molar-refractivity contribution in [2.45, 2.75) is 0 Å². The molecule has 2 nitrogen and oxygen atoms in total. The van der Waals surface area contributed by atoms with Crippen LogP contribution in [0.15, 0.2) is 60.0 Å². The Morgan fingerprint density at radius 2 is 1.82 bits per heavy atom. The fourth-order valence-corrected chi connectivity index (χ4v) is 2.93. The van der Waals surface area contributed by atoms with E-state index in [9.17, 15) is 5.26 Å². The molecular weight excluding hydrogens is 312 g/mol. The number of hydrogen-bond donors (Lipinski definition) is 0. The molecule has 0 amide bonds. The molecule has 3 aromatic rings. The van der Waals surface area contributed by atoms with Gasteiger partial charge >= 0.3 is 0 Å². The van der Waals surface area contributed by atoms with E-state index in [0.29, 0.717) is 10.6 Å². The third kappa shape index (κ3) is 3.25. The first-order chi connectivity index (χ1) is 10.8. The number of rotatable bonds is 3. The Bertz CT molecular complexity index is 843. The zero-order chi connectivity index (χ0) is 15.4. The first-order valence-corrected chi connectivity index (χ1v) is 7.91. The molecule has 0 N–H and O–H groups in total. The molecule has 1 aromatic heterocycles. The number of thiazole rings is 1. The molecule has 3 rings (SSSR count). The Labute approximate surface area is 138 Å². The van der Waals surface area contributed by atoms with Crippen molar-refractivity contribution in [3.8, 4) is 17.3 Å². The standard InChI is InChI=1S/C18H11ClN2S/c19-16-8-6-13(7-9-16)10-15(11-20)18-21-17(12-22-18)14-4-2-1-3-5-14/h1-10,12H/b15-10-. The summed E-state index contributed by atoms with van der Waals surface area (Å²) >= 11 is 7.35. The van der Waals surface area contributed by atoms with Crippen LogP contribution < -0.4 is 0 Å². The fourth-order valence-electron chi connectivity index (χ4n) is 2.01. The molecule has 0 bridgehead atoms. The van der Waals surface area contributed by atoms with E-state index in [0.717, 1.165) is 21.8 Å². The van der Waals surface area contributed by atoms with Crippen molar-refractivity contribution in [3.05, 3.63) is 75.6 Å². The van der Waals surface area contributed by atoms with Gasteiger partial charge in [0, 0.05) is 16.0 Å². The first kappa shape index (κ1) is 14.5. The van der Waals surface area contributed by atoms with Crippen molar-refractivity contribution in [1.29, 1.82) is 5.26 Å². The van der Waals surface area contributed by atoms with Crippen LogP contribution in [0.5, 0.6) is 0 Å². The molecule has 4 heteroatoms. The lowest BCUT2D eigenvalue weighted by Gasteiger charge is -1.97. The van der Waals surface area contributed by atoms with Gasteiger partial charge in [0.25, 0.3) is 0 Å². The second-order valence-electron chi connectivity index (χ2n) is 4.63. The van der Waals surface area contributed by atoms with E-state index in [1.807, 2.05) is 53.9 Å². The summed E-state index contributed by atoms with van der Waals surface area (Å²) in [5.74, 6) is 0. The SMILES string of the molecule is N#C/C(=C/c1ccc(Cl)cc1)c1nc(-c2ccccc2)cs1. The van der Waals surface area contributed by atoms with Gasteiger partial charge in [-0.15, -0.1) is 11.3 Å². The molecule has 0 atom stereocenters. The highest BCUT2D eigenvalue weighted by Crippen LogP contribution is 2.27. The van der Waals surface area contributed by atoms with Gasteiger partial charge in [0.2, 0.25) is 0 Å². The average Bonchev–Trinajstić information content (AvgIpc) is 3.05. The normalized spacial score (nSPS) is 11.2. The third-order valence-electron chi connectivity index (χ3n) is 3.11. The minimum atomic E-state index is 0.550. The highest BCUT2D eigenvalue weighted by molar-refractivity contribution is 7.11. The van der Waals surface area contributed by atoms with Crippen molar-refractivity contribution < 1.29 is 0 Å². The summed E-state index contributed by atoms with van der Waals surface area (Å²) in [7, 11) is 0. The summed E-state index contributed by atoms with van der Waals surface area (Å²) in [6, 6.07) is 19.5. The van der Waals surface area contributed by atoms with Crippen LogP contribution in [0.2, 0.25) is 5.02 Å². The monoisotopic (exact) mass is 322 g/mol. The number of hydrogen-bond acceptors (Lipinski definition) is 3. The van der Waals surface area contributed by atoms with E-state index in [1.165, 1.54) is 11.3 Å². The average molecular weight is 323 g/mol. The Balaban J connectivity index is 1.94. The molecule has 0 aliphatic carbocycles. The van der Waals surface area contributed by atoms with E-state index >= 15 is 0 Å². The van der Waals surface area contributed by atoms with Gasteiger partial charge in [0.1, 0.15) is 11.1 Å². The van der Waals surface area contributed by atoms with Gasteiger partial charge in [-0.25, -0.2) is 4.98 Å². The lowest BCUT2D eigenvalue weighted by atomic mass is 10.1. The molecule has 22 heavy (non-hydrogen) atoms. The number of benzene rings is 2. The van der Waals surface area contributed by atoms with Crippen LogP contribution in [0.3, 0.4) is 0 Å².